The summed E-state index contributed by atoms with van der Waals surface area (Å²) >= 11 is 2.93. The minimum absolute atomic E-state index is 0.140. The molecule has 9 heteroatoms. The van der Waals surface area contributed by atoms with Gasteiger partial charge in [0.25, 0.3) is 0 Å². The smallest absolute Gasteiger partial charge is 0.237 e. The molecule has 0 unspecified atom stereocenters. The number of benzene rings is 1. The van der Waals surface area contributed by atoms with Gasteiger partial charge in [-0.05, 0) is 12.1 Å². The van der Waals surface area contributed by atoms with Gasteiger partial charge in [0.1, 0.15) is 0 Å². The average molecular weight is 362 g/mol. The van der Waals surface area contributed by atoms with Crippen molar-refractivity contribution in [1.82, 2.24) is 15.0 Å². The molecule has 0 atom stereocenters. The third-order valence-electron chi connectivity index (χ3n) is 2.95. The van der Waals surface area contributed by atoms with E-state index < -0.39 is 0 Å². The highest BCUT2D eigenvalue weighted by Crippen LogP contribution is 2.29. The molecule has 1 aromatic carbocycles. The fourth-order valence-electron chi connectivity index (χ4n) is 1.87. The lowest BCUT2D eigenvalue weighted by Gasteiger charge is -2.07. The number of methoxy groups -OCH3 is 2. The second kappa shape index (κ2) is 7.45. The number of fused-ring (bicyclic) bond motifs is 1. The van der Waals surface area contributed by atoms with Gasteiger partial charge in [0.2, 0.25) is 23.6 Å². The fourth-order valence-corrected chi connectivity index (χ4v) is 3.74. The van der Waals surface area contributed by atoms with Gasteiger partial charge in [0, 0.05) is 0 Å². The van der Waals surface area contributed by atoms with E-state index in [0.29, 0.717) is 11.8 Å². The van der Waals surface area contributed by atoms with Gasteiger partial charge in [-0.1, -0.05) is 23.9 Å². The van der Waals surface area contributed by atoms with Crippen LogP contribution in [0.5, 0.6) is 11.8 Å². The number of amides is 1. The van der Waals surface area contributed by atoms with Crippen LogP contribution in [0.3, 0.4) is 0 Å². The Morgan fingerprint density at radius 2 is 1.88 bits per heavy atom. The number of thiazole rings is 1. The van der Waals surface area contributed by atoms with E-state index in [9.17, 15) is 4.79 Å². The molecule has 3 rings (SSSR count). The maximum Gasteiger partial charge on any atom is 0.237 e. The van der Waals surface area contributed by atoms with Crippen LogP contribution in [0.1, 0.15) is 0 Å². The highest BCUT2D eigenvalue weighted by molar-refractivity contribution is 8.01. The number of anilines is 1. The number of hydrogen-bond acceptors (Lipinski definition) is 8. The summed E-state index contributed by atoms with van der Waals surface area (Å²) in [6.07, 6.45) is 0. The lowest BCUT2D eigenvalue weighted by Crippen LogP contribution is -2.16. The van der Waals surface area contributed by atoms with Crippen LogP contribution in [0.25, 0.3) is 10.2 Å². The summed E-state index contributed by atoms with van der Waals surface area (Å²) in [5.41, 5.74) is 0.936. The monoisotopic (exact) mass is 362 g/mol. The molecule has 1 amide bonds. The van der Waals surface area contributed by atoms with Crippen LogP contribution in [0.15, 0.2) is 34.7 Å². The maximum absolute atomic E-state index is 12.1. The highest BCUT2D eigenvalue weighted by Gasteiger charge is 2.11. The quantitative estimate of drug-likeness (QED) is 0.675. The summed E-state index contributed by atoms with van der Waals surface area (Å²) < 4.78 is 12.0. The van der Waals surface area contributed by atoms with Crippen LogP contribution in [0.4, 0.5) is 5.95 Å². The first-order chi connectivity index (χ1) is 11.7. The molecule has 3 aromatic rings. The van der Waals surface area contributed by atoms with Crippen molar-refractivity contribution in [2.24, 2.45) is 0 Å². The Labute approximate surface area is 146 Å². The zero-order valence-corrected chi connectivity index (χ0v) is 14.6. The van der Waals surface area contributed by atoms with Crippen molar-refractivity contribution >= 4 is 45.2 Å². The second-order valence-electron chi connectivity index (χ2n) is 4.56. The maximum atomic E-state index is 12.1. The van der Waals surface area contributed by atoms with E-state index in [1.54, 1.807) is 11.3 Å². The number of ether oxygens (including phenoxy) is 2. The molecule has 1 N–H and O–H groups in total. The molecule has 0 aliphatic carbocycles. The number of carbonyl (C=O) groups is 1. The van der Waals surface area contributed by atoms with Gasteiger partial charge in [-0.25, -0.2) is 4.98 Å². The van der Waals surface area contributed by atoms with Crippen molar-refractivity contribution in [3.8, 4) is 11.8 Å². The van der Waals surface area contributed by atoms with Gasteiger partial charge in [0.05, 0.1) is 36.3 Å². The first-order valence-corrected chi connectivity index (χ1v) is 8.73. The summed E-state index contributed by atoms with van der Waals surface area (Å²) in [5, 5.41) is 2.63. The molecular weight excluding hydrogens is 348 g/mol. The Kier molecular flexibility index (Phi) is 5.11. The van der Waals surface area contributed by atoms with E-state index in [1.165, 1.54) is 32.0 Å². The summed E-state index contributed by atoms with van der Waals surface area (Å²) in [4.78, 5) is 24.7. The number of carbonyl (C=O) groups excluding carboxylic acids is 1. The van der Waals surface area contributed by atoms with E-state index in [0.717, 1.165) is 14.6 Å². The van der Waals surface area contributed by atoms with Crippen LogP contribution < -0.4 is 14.8 Å². The third-order valence-corrected chi connectivity index (χ3v) is 5.13. The van der Waals surface area contributed by atoms with Gasteiger partial charge in [-0.15, -0.1) is 11.3 Å². The van der Waals surface area contributed by atoms with Crippen molar-refractivity contribution in [2.45, 2.75) is 4.34 Å². The summed E-state index contributed by atoms with van der Waals surface area (Å²) in [6.45, 7) is 0. The number of nitrogens with one attached hydrogen (secondary N) is 1. The number of hydrogen-bond donors (Lipinski definition) is 1. The largest absolute Gasteiger partial charge is 0.481 e. The molecule has 0 spiro atoms. The van der Waals surface area contributed by atoms with E-state index >= 15 is 0 Å². The Balaban J connectivity index is 1.63. The first-order valence-electron chi connectivity index (χ1n) is 6.93. The van der Waals surface area contributed by atoms with Crippen molar-refractivity contribution in [3.63, 3.8) is 0 Å². The van der Waals surface area contributed by atoms with Crippen LogP contribution in [0, 0.1) is 0 Å². The Morgan fingerprint density at radius 1 is 1.17 bits per heavy atom. The normalized spacial score (nSPS) is 10.6. The SMILES string of the molecule is COc1cc(OC)nc(NC(=O)CSc2nc3ccccc3s2)n1. The molecule has 124 valence electrons. The number of para-hydroxylation sites is 1. The standard InChI is InChI=1S/C15H14N4O3S2/c1-21-12-7-13(22-2)19-14(18-12)17-11(20)8-23-15-16-9-5-3-4-6-10(9)24-15/h3-7H,8H2,1-2H3,(H,17,18,19,20). The van der Waals surface area contributed by atoms with Crippen molar-refractivity contribution in [3.05, 3.63) is 30.3 Å². The van der Waals surface area contributed by atoms with E-state index in [4.69, 9.17) is 9.47 Å². The lowest BCUT2D eigenvalue weighted by atomic mass is 10.3. The molecule has 7 nitrogen and oxygen atoms in total. The van der Waals surface area contributed by atoms with Crippen molar-refractivity contribution < 1.29 is 14.3 Å². The molecule has 0 radical (unpaired) electrons. The Hall–Kier alpha value is -2.39. The number of rotatable bonds is 6. The lowest BCUT2D eigenvalue weighted by molar-refractivity contribution is -0.113. The second-order valence-corrected chi connectivity index (χ2v) is 6.81. The van der Waals surface area contributed by atoms with E-state index in [2.05, 4.69) is 20.3 Å². The number of aromatic nitrogens is 3. The van der Waals surface area contributed by atoms with Crippen molar-refractivity contribution in [2.75, 3.05) is 25.3 Å². The minimum atomic E-state index is -0.227. The number of thioether (sulfide) groups is 1. The molecule has 0 bridgehead atoms. The van der Waals surface area contributed by atoms with Crippen LogP contribution >= 0.6 is 23.1 Å². The Bertz CT molecular complexity index is 814. The van der Waals surface area contributed by atoms with Gasteiger partial charge in [-0.3, -0.25) is 10.1 Å². The molecule has 0 aliphatic heterocycles. The predicted molar refractivity (Wildman–Crippen MR) is 94.1 cm³/mol. The molecule has 0 saturated heterocycles. The zero-order chi connectivity index (χ0) is 16.9. The topological polar surface area (TPSA) is 86.2 Å². The number of nitrogens with zero attached hydrogens (tertiary/aromatic N) is 3. The third kappa shape index (κ3) is 3.92. The van der Waals surface area contributed by atoms with E-state index in [-0.39, 0.29) is 17.6 Å². The highest BCUT2D eigenvalue weighted by atomic mass is 32.2. The average Bonchev–Trinajstić information content (AvgIpc) is 3.02. The summed E-state index contributed by atoms with van der Waals surface area (Å²) in [5.74, 6) is 0.755. The summed E-state index contributed by atoms with van der Waals surface area (Å²) in [6, 6.07) is 9.40. The predicted octanol–water partition coefficient (Wildman–Crippen LogP) is 2.83. The molecule has 0 fully saturated rings. The molecular formula is C15H14N4O3S2. The summed E-state index contributed by atoms with van der Waals surface area (Å²) in [7, 11) is 2.96. The molecule has 2 aromatic heterocycles. The molecule has 0 aliphatic rings. The van der Waals surface area contributed by atoms with E-state index in [1.807, 2.05) is 24.3 Å². The molecule has 0 saturated carbocycles. The van der Waals surface area contributed by atoms with Gasteiger partial charge >= 0.3 is 0 Å². The minimum Gasteiger partial charge on any atom is -0.481 e. The van der Waals surface area contributed by atoms with Gasteiger partial charge < -0.3 is 9.47 Å². The van der Waals surface area contributed by atoms with Crippen LogP contribution in [0.2, 0.25) is 0 Å². The fraction of sp³-hybridized carbons (Fsp3) is 0.200. The first kappa shape index (κ1) is 16.5. The molecule has 2 heterocycles. The molecule has 24 heavy (non-hydrogen) atoms. The van der Waals surface area contributed by atoms with Gasteiger partial charge in [0.15, 0.2) is 4.34 Å². The van der Waals surface area contributed by atoms with Crippen LogP contribution in [-0.4, -0.2) is 40.8 Å². The zero-order valence-electron chi connectivity index (χ0n) is 13.0. The van der Waals surface area contributed by atoms with Crippen molar-refractivity contribution in [1.29, 1.82) is 0 Å². The Morgan fingerprint density at radius 3 is 2.54 bits per heavy atom. The van der Waals surface area contributed by atoms with Gasteiger partial charge in [-0.2, -0.15) is 9.97 Å². The van der Waals surface area contributed by atoms with Crippen LogP contribution in [-0.2, 0) is 4.79 Å².